The zero-order valence-corrected chi connectivity index (χ0v) is 13.8. The van der Waals surface area contributed by atoms with Crippen molar-refractivity contribution in [3.05, 3.63) is 29.6 Å². The lowest BCUT2D eigenvalue weighted by atomic mass is 9.98. The number of hydrogen-bond donors (Lipinski definition) is 0. The molecule has 1 unspecified atom stereocenters. The van der Waals surface area contributed by atoms with Gasteiger partial charge in [-0.25, -0.2) is 12.8 Å². The van der Waals surface area contributed by atoms with E-state index in [1.54, 1.807) is 6.07 Å². The predicted molar refractivity (Wildman–Crippen MR) is 82.3 cm³/mol. The summed E-state index contributed by atoms with van der Waals surface area (Å²) in [6.45, 7) is 3.06. The molecule has 2 rings (SSSR count). The molecule has 118 valence electrons. The molecule has 0 spiro atoms. The van der Waals surface area contributed by atoms with Crippen LogP contribution in [0.1, 0.15) is 38.2 Å². The fourth-order valence-corrected chi connectivity index (χ4v) is 4.47. The molecule has 0 aliphatic carbocycles. The number of halogens is 2. The van der Waals surface area contributed by atoms with Crippen molar-refractivity contribution in [1.29, 1.82) is 0 Å². The van der Waals surface area contributed by atoms with E-state index in [0.29, 0.717) is 24.6 Å². The van der Waals surface area contributed by atoms with E-state index in [4.69, 9.17) is 11.6 Å². The van der Waals surface area contributed by atoms with Crippen molar-refractivity contribution >= 4 is 21.6 Å². The molecule has 21 heavy (non-hydrogen) atoms. The summed E-state index contributed by atoms with van der Waals surface area (Å²) in [7, 11) is -3.76. The van der Waals surface area contributed by atoms with Crippen LogP contribution in [-0.2, 0) is 15.9 Å². The first-order chi connectivity index (χ1) is 9.98. The van der Waals surface area contributed by atoms with Gasteiger partial charge in [0.25, 0.3) is 0 Å². The summed E-state index contributed by atoms with van der Waals surface area (Å²) < 4.78 is 40.7. The summed E-state index contributed by atoms with van der Waals surface area (Å²) >= 11 is 5.64. The van der Waals surface area contributed by atoms with Crippen LogP contribution in [0.2, 0.25) is 0 Å². The van der Waals surface area contributed by atoms with E-state index in [2.05, 4.69) is 6.92 Å². The Balaban J connectivity index is 2.25. The molecule has 0 bridgehead atoms. The fraction of sp³-hybridized carbons (Fsp3) is 0.600. The maximum absolute atomic E-state index is 14.1. The number of alkyl halides is 1. The second kappa shape index (κ2) is 7.07. The van der Waals surface area contributed by atoms with Gasteiger partial charge in [-0.2, -0.15) is 4.31 Å². The molecule has 0 N–H and O–H groups in total. The Morgan fingerprint density at radius 1 is 1.33 bits per heavy atom. The van der Waals surface area contributed by atoms with Crippen LogP contribution in [-0.4, -0.2) is 25.8 Å². The molecule has 0 radical (unpaired) electrons. The molecule has 1 heterocycles. The zero-order valence-electron chi connectivity index (χ0n) is 12.2. The van der Waals surface area contributed by atoms with Crippen molar-refractivity contribution in [3.8, 4) is 0 Å². The normalized spacial score (nSPS) is 21.2. The highest BCUT2D eigenvalue weighted by molar-refractivity contribution is 7.89. The molecule has 3 nitrogen and oxygen atoms in total. The van der Waals surface area contributed by atoms with Crippen molar-refractivity contribution in [2.75, 3.05) is 13.1 Å². The molecular formula is C15H21ClFNO2S. The highest BCUT2D eigenvalue weighted by atomic mass is 35.5. The predicted octanol–water partition coefficient (Wildman–Crippen LogP) is 3.77. The van der Waals surface area contributed by atoms with Crippen LogP contribution < -0.4 is 0 Å². The zero-order chi connectivity index (χ0) is 15.5. The monoisotopic (exact) mass is 333 g/mol. The van der Waals surface area contributed by atoms with Gasteiger partial charge in [0.15, 0.2) is 0 Å². The van der Waals surface area contributed by atoms with E-state index < -0.39 is 15.8 Å². The topological polar surface area (TPSA) is 37.4 Å². The van der Waals surface area contributed by atoms with Crippen LogP contribution >= 0.6 is 11.6 Å². The van der Waals surface area contributed by atoms with Gasteiger partial charge in [0.1, 0.15) is 10.7 Å². The van der Waals surface area contributed by atoms with Gasteiger partial charge in [0, 0.05) is 19.0 Å². The summed E-state index contributed by atoms with van der Waals surface area (Å²) in [5.41, 5.74) is 0.579. The van der Waals surface area contributed by atoms with Crippen LogP contribution in [0.15, 0.2) is 23.1 Å². The Morgan fingerprint density at radius 3 is 2.71 bits per heavy atom. The lowest BCUT2D eigenvalue weighted by Gasteiger charge is -2.20. The molecule has 1 saturated heterocycles. The van der Waals surface area contributed by atoms with E-state index >= 15 is 0 Å². The minimum Gasteiger partial charge on any atom is -0.207 e. The van der Waals surface area contributed by atoms with Crippen molar-refractivity contribution in [1.82, 2.24) is 4.31 Å². The molecular weight excluding hydrogens is 313 g/mol. The number of hydrogen-bond acceptors (Lipinski definition) is 2. The molecule has 1 atom stereocenters. The first-order valence-corrected chi connectivity index (χ1v) is 9.31. The molecule has 1 aliphatic heterocycles. The van der Waals surface area contributed by atoms with Crippen LogP contribution in [0.5, 0.6) is 0 Å². The first kappa shape index (κ1) is 16.7. The van der Waals surface area contributed by atoms with Crippen molar-refractivity contribution < 1.29 is 12.8 Å². The average molecular weight is 334 g/mol. The summed E-state index contributed by atoms with van der Waals surface area (Å²) in [4.78, 5) is -0.244. The van der Waals surface area contributed by atoms with E-state index in [1.165, 1.54) is 16.4 Å². The van der Waals surface area contributed by atoms with E-state index in [9.17, 15) is 12.8 Å². The number of benzene rings is 1. The highest BCUT2D eigenvalue weighted by Crippen LogP contribution is 2.26. The largest absolute Gasteiger partial charge is 0.245 e. The van der Waals surface area contributed by atoms with E-state index in [0.717, 1.165) is 25.7 Å². The smallest absolute Gasteiger partial charge is 0.207 e. The third kappa shape index (κ3) is 3.76. The van der Waals surface area contributed by atoms with E-state index in [-0.39, 0.29) is 10.8 Å². The van der Waals surface area contributed by atoms with Crippen LogP contribution in [0.3, 0.4) is 0 Å². The van der Waals surface area contributed by atoms with Crippen LogP contribution in [0, 0.1) is 11.7 Å². The lowest BCUT2D eigenvalue weighted by molar-refractivity contribution is 0.405. The Kier molecular flexibility index (Phi) is 5.63. The third-order valence-corrected chi connectivity index (χ3v) is 6.39. The summed E-state index contributed by atoms with van der Waals surface area (Å²) in [6, 6.07) is 4.09. The molecule has 0 aromatic heterocycles. The summed E-state index contributed by atoms with van der Waals surface area (Å²) in [6.07, 6.45) is 3.78. The number of nitrogens with zero attached hydrogens (tertiary/aromatic N) is 1. The van der Waals surface area contributed by atoms with Gasteiger partial charge in [-0.1, -0.05) is 19.4 Å². The van der Waals surface area contributed by atoms with Gasteiger partial charge >= 0.3 is 0 Å². The Bertz CT molecular complexity index is 591. The van der Waals surface area contributed by atoms with Crippen molar-refractivity contribution in [2.45, 2.75) is 43.4 Å². The quantitative estimate of drug-likeness (QED) is 0.787. The highest BCUT2D eigenvalue weighted by Gasteiger charge is 2.29. The molecule has 6 heteroatoms. The maximum Gasteiger partial charge on any atom is 0.245 e. The maximum atomic E-state index is 14.1. The number of sulfonamides is 1. The minimum atomic E-state index is -3.76. The van der Waals surface area contributed by atoms with Gasteiger partial charge in [-0.3, -0.25) is 0 Å². The first-order valence-electron chi connectivity index (χ1n) is 7.33. The van der Waals surface area contributed by atoms with Crippen LogP contribution in [0.4, 0.5) is 4.39 Å². The fourth-order valence-electron chi connectivity index (χ4n) is 2.76. The standard InChI is InChI=1S/C15H21ClFNO2S/c1-2-12-4-3-8-18(9-7-12)21(19,20)15-6-5-13(11-16)10-14(15)17/h5-6,10,12H,2-4,7-9,11H2,1H3. The van der Waals surface area contributed by atoms with Gasteiger partial charge in [-0.05, 0) is 42.9 Å². The SMILES string of the molecule is CCC1CCCN(S(=O)(=O)c2ccc(CCl)cc2F)CC1. The molecule has 0 amide bonds. The Hall–Kier alpha value is -0.650. The summed E-state index contributed by atoms with van der Waals surface area (Å²) in [5.74, 6) is 0.0113. The third-order valence-electron chi connectivity index (χ3n) is 4.15. The Labute approximate surface area is 131 Å². The molecule has 0 saturated carbocycles. The van der Waals surface area contributed by atoms with Crippen LogP contribution in [0.25, 0.3) is 0 Å². The van der Waals surface area contributed by atoms with Crippen molar-refractivity contribution in [2.24, 2.45) is 5.92 Å². The lowest BCUT2D eigenvalue weighted by Crippen LogP contribution is -2.32. The Morgan fingerprint density at radius 2 is 2.10 bits per heavy atom. The average Bonchev–Trinajstić information content (AvgIpc) is 2.72. The summed E-state index contributed by atoms with van der Waals surface area (Å²) in [5, 5.41) is 0. The van der Waals surface area contributed by atoms with Gasteiger partial charge < -0.3 is 0 Å². The van der Waals surface area contributed by atoms with Gasteiger partial charge in [0.2, 0.25) is 10.0 Å². The van der Waals surface area contributed by atoms with E-state index in [1.807, 2.05) is 0 Å². The molecule has 1 fully saturated rings. The second-order valence-electron chi connectivity index (χ2n) is 5.51. The number of rotatable bonds is 4. The molecule has 1 aromatic carbocycles. The molecule has 1 aliphatic rings. The molecule has 1 aromatic rings. The van der Waals surface area contributed by atoms with Crippen molar-refractivity contribution in [3.63, 3.8) is 0 Å². The minimum absolute atomic E-state index is 0.166. The van der Waals surface area contributed by atoms with Gasteiger partial charge in [0.05, 0.1) is 0 Å². The second-order valence-corrected chi connectivity index (χ2v) is 7.68. The van der Waals surface area contributed by atoms with Gasteiger partial charge in [-0.15, -0.1) is 11.6 Å².